The minimum Gasteiger partial charge on any atom is -0.393 e. The zero-order valence-electron chi connectivity index (χ0n) is 15.6. The minimum absolute atomic E-state index is 0.126. The van der Waals surface area contributed by atoms with Crippen molar-refractivity contribution >= 4 is 0 Å². The molecule has 4 heteroatoms. The molecule has 4 N–H and O–H groups in total. The minimum atomic E-state index is -1.16. The maximum absolute atomic E-state index is 11.1. The number of fused-ring (bicyclic) bond motifs is 1. The highest BCUT2D eigenvalue weighted by Gasteiger charge is 2.60. The van der Waals surface area contributed by atoms with Crippen molar-refractivity contribution in [1.82, 2.24) is 0 Å². The first-order valence-electron chi connectivity index (χ1n) is 9.52. The van der Waals surface area contributed by atoms with Crippen LogP contribution in [0.2, 0.25) is 0 Å². The molecular formula is C21H32O4. The Kier molecular flexibility index (Phi) is 5.02. The number of rotatable bonds is 3. The van der Waals surface area contributed by atoms with Gasteiger partial charge in [0.2, 0.25) is 0 Å². The van der Waals surface area contributed by atoms with Gasteiger partial charge in [0.25, 0.3) is 0 Å². The van der Waals surface area contributed by atoms with Gasteiger partial charge >= 0.3 is 0 Å². The van der Waals surface area contributed by atoms with Gasteiger partial charge in [-0.25, -0.2) is 0 Å². The Morgan fingerprint density at radius 2 is 1.96 bits per heavy atom. The van der Waals surface area contributed by atoms with Crippen molar-refractivity contribution in [3.8, 4) is 0 Å². The quantitative estimate of drug-likeness (QED) is 0.632. The molecule has 0 unspecified atom stereocenters. The van der Waals surface area contributed by atoms with Crippen molar-refractivity contribution in [1.29, 1.82) is 0 Å². The maximum Gasteiger partial charge on any atom is 0.0962 e. The van der Waals surface area contributed by atoms with Crippen LogP contribution in [-0.4, -0.2) is 44.3 Å². The van der Waals surface area contributed by atoms with Crippen molar-refractivity contribution < 1.29 is 20.4 Å². The summed E-state index contributed by atoms with van der Waals surface area (Å²) in [4.78, 5) is 0. The summed E-state index contributed by atoms with van der Waals surface area (Å²) in [5.41, 5.74) is 1.82. The molecule has 0 radical (unpaired) electrons. The Morgan fingerprint density at radius 3 is 2.64 bits per heavy atom. The Morgan fingerprint density at radius 1 is 1.24 bits per heavy atom. The molecule has 0 aromatic heterocycles. The largest absolute Gasteiger partial charge is 0.393 e. The van der Waals surface area contributed by atoms with E-state index in [0.29, 0.717) is 19.3 Å². The van der Waals surface area contributed by atoms with Gasteiger partial charge < -0.3 is 20.4 Å². The first kappa shape index (κ1) is 18.8. The zero-order valence-corrected chi connectivity index (χ0v) is 15.6. The molecule has 0 heterocycles. The molecule has 0 saturated heterocycles. The van der Waals surface area contributed by atoms with Crippen LogP contribution < -0.4 is 0 Å². The van der Waals surface area contributed by atoms with E-state index >= 15 is 0 Å². The average molecular weight is 348 g/mol. The summed E-state index contributed by atoms with van der Waals surface area (Å²) < 4.78 is 0. The third-order valence-electron chi connectivity index (χ3n) is 7.02. The molecule has 0 aromatic carbocycles. The lowest BCUT2D eigenvalue weighted by Crippen LogP contribution is -2.54. The lowest BCUT2D eigenvalue weighted by Gasteiger charge is -2.48. The van der Waals surface area contributed by atoms with Gasteiger partial charge in [0.05, 0.1) is 23.9 Å². The van der Waals surface area contributed by atoms with Crippen molar-refractivity contribution in [2.75, 3.05) is 0 Å². The molecule has 4 nitrogen and oxygen atoms in total. The lowest BCUT2D eigenvalue weighted by atomic mass is 9.61. The van der Waals surface area contributed by atoms with E-state index in [1.807, 2.05) is 13.0 Å². The van der Waals surface area contributed by atoms with Gasteiger partial charge in [0, 0.05) is 5.41 Å². The summed E-state index contributed by atoms with van der Waals surface area (Å²) in [6, 6.07) is 0. The van der Waals surface area contributed by atoms with Crippen LogP contribution in [0, 0.1) is 11.3 Å². The Hall–Kier alpha value is -0.940. The lowest BCUT2D eigenvalue weighted by molar-refractivity contribution is -0.148. The molecule has 140 valence electrons. The van der Waals surface area contributed by atoms with E-state index in [0.717, 1.165) is 24.8 Å². The summed E-state index contributed by atoms with van der Waals surface area (Å²) in [5, 5.41) is 41.6. The number of aliphatic hydroxyl groups excluding tert-OH is 3. The smallest absolute Gasteiger partial charge is 0.0962 e. The van der Waals surface area contributed by atoms with Gasteiger partial charge in [-0.1, -0.05) is 30.7 Å². The third-order valence-corrected chi connectivity index (χ3v) is 7.02. The molecule has 1 saturated carbocycles. The molecule has 0 bridgehead atoms. The van der Waals surface area contributed by atoms with E-state index < -0.39 is 23.2 Å². The monoisotopic (exact) mass is 348 g/mol. The van der Waals surface area contributed by atoms with Crippen molar-refractivity contribution in [3.05, 3.63) is 34.9 Å². The number of allylic oxidation sites excluding steroid dienone is 4. The third kappa shape index (κ3) is 3.14. The number of hydrogen-bond donors (Lipinski definition) is 4. The van der Waals surface area contributed by atoms with Gasteiger partial charge in [-0.2, -0.15) is 0 Å². The molecule has 3 rings (SSSR count). The summed E-state index contributed by atoms with van der Waals surface area (Å²) in [6.45, 7) is 5.75. The summed E-state index contributed by atoms with van der Waals surface area (Å²) in [5.74, 6) is 0.126. The number of aliphatic hydroxyl groups is 4. The summed E-state index contributed by atoms with van der Waals surface area (Å²) >= 11 is 0. The van der Waals surface area contributed by atoms with E-state index in [-0.39, 0.29) is 12.0 Å². The fourth-order valence-corrected chi connectivity index (χ4v) is 5.29. The van der Waals surface area contributed by atoms with E-state index in [1.165, 1.54) is 11.1 Å². The van der Waals surface area contributed by atoms with Crippen LogP contribution in [0.25, 0.3) is 0 Å². The van der Waals surface area contributed by atoms with Crippen LogP contribution in [0.5, 0.6) is 0 Å². The second-order valence-electron chi connectivity index (χ2n) is 8.58. The van der Waals surface area contributed by atoms with Gasteiger partial charge in [0.1, 0.15) is 0 Å². The van der Waals surface area contributed by atoms with Gasteiger partial charge in [-0.05, 0) is 69.4 Å². The molecule has 3 aliphatic carbocycles. The highest BCUT2D eigenvalue weighted by atomic mass is 16.3. The first-order valence-corrected chi connectivity index (χ1v) is 9.52. The fourth-order valence-electron chi connectivity index (χ4n) is 5.29. The average Bonchev–Trinajstić information content (AvgIpc) is 2.80. The molecule has 0 amide bonds. The van der Waals surface area contributed by atoms with Crippen LogP contribution in [0.4, 0.5) is 0 Å². The van der Waals surface area contributed by atoms with E-state index in [2.05, 4.69) is 19.1 Å². The second kappa shape index (κ2) is 6.66. The summed E-state index contributed by atoms with van der Waals surface area (Å²) in [6.07, 6.45) is 8.56. The van der Waals surface area contributed by atoms with E-state index in [9.17, 15) is 20.4 Å². The normalized spacial score (nSPS) is 43.3. The molecule has 0 aliphatic heterocycles. The molecule has 25 heavy (non-hydrogen) atoms. The second-order valence-corrected chi connectivity index (χ2v) is 8.58. The predicted molar refractivity (Wildman–Crippen MR) is 97.9 cm³/mol. The van der Waals surface area contributed by atoms with Gasteiger partial charge in [-0.15, -0.1) is 0 Å². The maximum atomic E-state index is 11.1. The van der Waals surface area contributed by atoms with E-state index in [4.69, 9.17) is 0 Å². The molecular weight excluding hydrogens is 316 g/mol. The van der Waals surface area contributed by atoms with Crippen LogP contribution in [-0.2, 0) is 0 Å². The van der Waals surface area contributed by atoms with Crippen LogP contribution in [0.3, 0.4) is 0 Å². The molecule has 1 fully saturated rings. The standard InChI is InChI=1S/C21H32O4/c1-13-4-7-17(23)10-15(13)5-6-16-11-18(24)12-20(3)19(16)8-9-21(20,25)14(2)22/h5-6,11,14,17-19,22-25H,4,7-10,12H2,1-3H3/b6-5+/t14-,17+,18-,19+,20+,21+/m1/s1. The fraction of sp³-hybridized carbons (Fsp3) is 0.714. The Labute approximate surface area is 150 Å². The predicted octanol–water partition coefficient (Wildman–Crippen LogP) is 2.62. The van der Waals surface area contributed by atoms with E-state index in [1.54, 1.807) is 6.92 Å². The molecule has 0 spiro atoms. The molecule has 3 aliphatic rings. The Balaban J connectivity index is 1.89. The van der Waals surface area contributed by atoms with Crippen molar-refractivity contribution in [2.45, 2.75) is 83.2 Å². The van der Waals surface area contributed by atoms with Crippen molar-refractivity contribution in [3.63, 3.8) is 0 Å². The SMILES string of the molecule is CC1=C(/C=C/C2=C[C@@H](O)C[C@@]3(C)[C@H]2CC[C@]3(O)[C@@H](C)O)C[C@@H](O)CC1. The van der Waals surface area contributed by atoms with Crippen molar-refractivity contribution in [2.24, 2.45) is 11.3 Å². The van der Waals surface area contributed by atoms with Gasteiger partial charge in [-0.3, -0.25) is 0 Å². The number of hydrogen-bond acceptors (Lipinski definition) is 4. The highest BCUT2D eigenvalue weighted by molar-refractivity contribution is 5.38. The topological polar surface area (TPSA) is 80.9 Å². The molecule has 0 aromatic rings. The highest BCUT2D eigenvalue weighted by Crippen LogP contribution is 2.59. The Bertz CT molecular complexity index is 617. The zero-order chi connectivity index (χ0) is 18.4. The molecule has 6 atom stereocenters. The summed E-state index contributed by atoms with van der Waals surface area (Å²) in [7, 11) is 0. The van der Waals surface area contributed by atoms with Crippen LogP contribution in [0.15, 0.2) is 34.9 Å². The first-order chi connectivity index (χ1) is 11.7. The van der Waals surface area contributed by atoms with Gasteiger partial charge in [0.15, 0.2) is 0 Å². The van der Waals surface area contributed by atoms with Crippen LogP contribution >= 0.6 is 0 Å². The van der Waals surface area contributed by atoms with Crippen LogP contribution in [0.1, 0.15) is 59.3 Å².